The summed E-state index contributed by atoms with van der Waals surface area (Å²) >= 11 is 0. The van der Waals surface area contributed by atoms with E-state index in [4.69, 9.17) is 4.74 Å². The molecule has 2 rings (SSSR count). The van der Waals surface area contributed by atoms with Gasteiger partial charge in [0.1, 0.15) is 5.75 Å². The van der Waals surface area contributed by atoms with E-state index in [9.17, 15) is 4.79 Å². The molecule has 1 atom stereocenters. The van der Waals surface area contributed by atoms with E-state index >= 15 is 0 Å². The van der Waals surface area contributed by atoms with Crippen LogP contribution in [-0.4, -0.2) is 12.0 Å². The van der Waals surface area contributed by atoms with E-state index in [0.29, 0.717) is 5.75 Å². The van der Waals surface area contributed by atoms with Gasteiger partial charge in [-0.3, -0.25) is 4.79 Å². The molecule has 0 aliphatic carbocycles. The Bertz CT molecular complexity index is 691. The zero-order valence-electron chi connectivity index (χ0n) is 15.4. The molecule has 0 saturated heterocycles. The third-order valence-corrected chi connectivity index (χ3v) is 4.13. The number of rotatable bonds is 4. The average Bonchev–Trinajstić information content (AvgIpc) is 2.50. The number of ether oxygens (including phenoxy) is 1. The molecule has 0 aromatic heterocycles. The molecule has 1 N–H and O–H groups in total. The molecule has 3 heteroatoms. The standard InChI is InChI=1S/C21H27NO2/c1-14-8-7-9-15(2)19(14)22-20(23)16(3)24-18-12-10-17(11-13-18)21(4,5)6/h7-13,16H,1-6H3,(H,22,23)/t16-/m0/s1. The number of carbonyl (C=O) groups excluding carboxylic acids is 1. The van der Waals surface area contributed by atoms with Crippen LogP contribution in [0.25, 0.3) is 0 Å². The van der Waals surface area contributed by atoms with Crippen LogP contribution in [0, 0.1) is 13.8 Å². The first-order valence-electron chi connectivity index (χ1n) is 8.33. The van der Waals surface area contributed by atoms with Crippen molar-refractivity contribution in [2.24, 2.45) is 0 Å². The van der Waals surface area contributed by atoms with Crippen molar-refractivity contribution in [3.8, 4) is 5.75 Å². The summed E-state index contributed by atoms with van der Waals surface area (Å²) in [7, 11) is 0. The van der Waals surface area contributed by atoms with Crippen molar-refractivity contribution < 1.29 is 9.53 Å². The van der Waals surface area contributed by atoms with Crippen molar-refractivity contribution >= 4 is 11.6 Å². The number of benzene rings is 2. The topological polar surface area (TPSA) is 38.3 Å². The van der Waals surface area contributed by atoms with E-state index in [2.05, 4.69) is 26.1 Å². The summed E-state index contributed by atoms with van der Waals surface area (Å²) in [4.78, 5) is 12.4. The van der Waals surface area contributed by atoms with Gasteiger partial charge in [-0.15, -0.1) is 0 Å². The third-order valence-electron chi connectivity index (χ3n) is 4.13. The number of amides is 1. The first kappa shape index (κ1) is 18.1. The van der Waals surface area contributed by atoms with Crippen molar-refractivity contribution in [3.63, 3.8) is 0 Å². The molecule has 2 aromatic carbocycles. The lowest BCUT2D eigenvalue weighted by atomic mass is 9.87. The van der Waals surface area contributed by atoms with Gasteiger partial charge in [-0.1, -0.05) is 51.1 Å². The first-order valence-corrected chi connectivity index (χ1v) is 8.33. The molecule has 0 fully saturated rings. The highest BCUT2D eigenvalue weighted by molar-refractivity contribution is 5.95. The van der Waals surface area contributed by atoms with Crippen LogP contribution < -0.4 is 10.1 Å². The number of hydrogen-bond donors (Lipinski definition) is 1. The number of hydrogen-bond acceptors (Lipinski definition) is 2. The number of carbonyl (C=O) groups is 1. The van der Waals surface area contributed by atoms with E-state index in [-0.39, 0.29) is 11.3 Å². The number of para-hydroxylation sites is 1. The Morgan fingerprint density at radius 2 is 1.54 bits per heavy atom. The minimum atomic E-state index is -0.565. The molecular weight excluding hydrogens is 298 g/mol. The summed E-state index contributed by atoms with van der Waals surface area (Å²) < 4.78 is 5.78. The van der Waals surface area contributed by atoms with Gasteiger partial charge in [0, 0.05) is 5.69 Å². The highest BCUT2D eigenvalue weighted by Gasteiger charge is 2.18. The quantitative estimate of drug-likeness (QED) is 0.858. The highest BCUT2D eigenvalue weighted by Crippen LogP contribution is 2.25. The third kappa shape index (κ3) is 4.38. The van der Waals surface area contributed by atoms with Crippen molar-refractivity contribution in [3.05, 3.63) is 59.2 Å². The van der Waals surface area contributed by atoms with Gasteiger partial charge < -0.3 is 10.1 Å². The normalized spacial score (nSPS) is 12.6. The Morgan fingerprint density at radius 3 is 2.04 bits per heavy atom. The Hall–Kier alpha value is -2.29. The fourth-order valence-electron chi connectivity index (χ4n) is 2.53. The first-order chi connectivity index (χ1) is 11.2. The second-order valence-electron chi connectivity index (χ2n) is 7.29. The maximum absolute atomic E-state index is 12.4. The molecule has 0 radical (unpaired) electrons. The summed E-state index contributed by atoms with van der Waals surface area (Å²) in [5.74, 6) is 0.555. The molecule has 1 amide bonds. The predicted molar refractivity (Wildman–Crippen MR) is 99.8 cm³/mol. The van der Waals surface area contributed by atoms with E-state index < -0.39 is 6.10 Å². The molecule has 0 spiro atoms. The van der Waals surface area contributed by atoms with Crippen LogP contribution in [0.2, 0.25) is 0 Å². The van der Waals surface area contributed by atoms with Gasteiger partial charge in [0.25, 0.3) is 5.91 Å². The van der Waals surface area contributed by atoms with Crippen LogP contribution in [0.1, 0.15) is 44.4 Å². The Labute approximate surface area is 145 Å². The molecule has 0 heterocycles. The second kappa shape index (κ2) is 7.08. The van der Waals surface area contributed by atoms with Crippen molar-refractivity contribution in [2.75, 3.05) is 5.32 Å². The predicted octanol–water partition coefficient (Wildman–Crippen LogP) is 5.01. The van der Waals surface area contributed by atoms with E-state index in [1.54, 1.807) is 6.92 Å². The molecule has 128 valence electrons. The lowest BCUT2D eigenvalue weighted by Gasteiger charge is -2.20. The fourth-order valence-corrected chi connectivity index (χ4v) is 2.53. The van der Waals surface area contributed by atoms with Gasteiger partial charge in [-0.05, 0) is 55.0 Å². The summed E-state index contributed by atoms with van der Waals surface area (Å²) in [6.45, 7) is 12.2. The molecule has 0 bridgehead atoms. The molecule has 0 unspecified atom stereocenters. The van der Waals surface area contributed by atoms with Crippen molar-refractivity contribution in [1.82, 2.24) is 0 Å². The minimum absolute atomic E-state index is 0.101. The van der Waals surface area contributed by atoms with Crippen LogP contribution in [0.4, 0.5) is 5.69 Å². The molecular formula is C21H27NO2. The van der Waals surface area contributed by atoms with E-state index in [0.717, 1.165) is 16.8 Å². The zero-order chi connectivity index (χ0) is 17.9. The largest absolute Gasteiger partial charge is 0.481 e. The van der Waals surface area contributed by atoms with Crippen LogP contribution in [0.3, 0.4) is 0 Å². The van der Waals surface area contributed by atoms with Gasteiger partial charge in [0.2, 0.25) is 0 Å². The highest BCUT2D eigenvalue weighted by atomic mass is 16.5. The molecule has 0 aliphatic heterocycles. The van der Waals surface area contributed by atoms with E-state index in [1.165, 1.54) is 5.56 Å². The smallest absolute Gasteiger partial charge is 0.265 e. The number of anilines is 1. The van der Waals surface area contributed by atoms with Crippen LogP contribution in [0.5, 0.6) is 5.75 Å². The Morgan fingerprint density at radius 1 is 1.00 bits per heavy atom. The number of aryl methyl sites for hydroxylation is 2. The monoisotopic (exact) mass is 325 g/mol. The maximum atomic E-state index is 12.4. The summed E-state index contributed by atoms with van der Waals surface area (Å²) in [5.41, 5.74) is 4.29. The Kier molecular flexibility index (Phi) is 5.33. The number of nitrogens with one attached hydrogen (secondary N) is 1. The summed E-state index contributed by atoms with van der Waals surface area (Å²) in [6, 6.07) is 13.9. The SMILES string of the molecule is Cc1cccc(C)c1NC(=O)[C@H](C)Oc1ccc(C(C)(C)C)cc1. The van der Waals surface area contributed by atoms with Crippen molar-refractivity contribution in [2.45, 2.75) is 53.1 Å². The van der Waals surface area contributed by atoms with Gasteiger partial charge >= 0.3 is 0 Å². The average molecular weight is 325 g/mol. The summed E-state index contributed by atoms with van der Waals surface area (Å²) in [6.07, 6.45) is -0.565. The van der Waals surface area contributed by atoms with Crippen LogP contribution in [0.15, 0.2) is 42.5 Å². The lowest BCUT2D eigenvalue weighted by molar-refractivity contribution is -0.122. The second-order valence-corrected chi connectivity index (χ2v) is 7.29. The molecule has 0 aliphatic rings. The summed E-state index contributed by atoms with van der Waals surface area (Å²) in [5, 5.41) is 2.97. The van der Waals surface area contributed by atoms with Crippen molar-refractivity contribution in [1.29, 1.82) is 0 Å². The zero-order valence-corrected chi connectivity index (χ0v) is 15.4. The molecule has 0 saturated carbocycles. The van der Waals surface area contributed by atoms with Gasteiger partial charge in [0.05, 0.1) is 0 Å². The Balaban J connectivity index is 2.04. The van der Waals surface area contributed by atoms with Gasteiger partial charge in [0.15, 0.2) is 6.10 Å². The van der Waals surface area contributed by atoms with Gasteiger partial charge in [-0.25, -0.2) is 0 Å². The molecule has 2 aromatic rings. The molecule has 3 nitrogen and oxygen atoms in total. The molecule has 24 heavy (non-hydrogen) atoms. The van der Waals surface area contributed by atoms with Crippen LogP contribution >= 0.6 is 0 Å². The fraction of sp³-hybridized carbons (Fsp3) is 0.381. The van der Waals surface area contributed by atoms with Crippen LogP contribution in [-0.2, 0) is 10.2 Å². The van der Waals surface area contributed by atoms with Gasteiger partial charge in [-0.2, -0.15) is 0 Å². The lowest BCUT2D eigenvalue weighted by Crippen LogP contribution is -2.30. The minimum Gasteiger partial charge on any atom is -0.481 e. The maximum Gasteiger partial charge on any atom is 0.265 e. The van der Waals surface area contributed by atoms with E-state index in [1.807, 2.05) is 56.3 Å².